The van der Waals surface area contributed by atoms with E-state index < -0.39 is 0 Å². The molecule has 0 saturated carbocycles. The molecule has 0 amide bonds. The molecule has 2 rings (SSSR count). The van der Waals surface area contributed by atoms with Crippen molar-refractivity contribution in [2.45, 2.75) is 40.0 Å². The molecule has 0 radical (unpaired) electrons. The Hall–Kier alpha value is -1.81. The van der Waals surface area contributed by atoms with Crippen molar-refractivity contribution >= 4 is 0 Å². The Balaban J connectivity index is 2.38. The lowest BCUT2D eigenvalue weighted by Crippen LogP contribution is -2.18. The molecule has 0 fully saturated rings. The van der Waals surface area contributed by atoms with E-state index >= 15 is 0 Å². The summed E-state index contributed by atoms with van der Waals surface area (Å²) in [6.45, 7) is 8.42. The lowest BCUT2D eigenvalue weighted by atomic mass is 10.0. The summed E-state index contributed by atoms with van der Waals surface area (Å²) in [5.41, 5.74) is 4.63. The largest absolute Gasteiger partial charge is 0.317 e. The maximum absolute atomic E-state index is 4.77. The molecule has 0 aromatic carbocycles. The summed E-state index contributed by atoms with van der Waals surface area (Å²) in [7, 11) is 0. The van der Waals surface area contributed by atoms with E-state index in [1.165, 1.54) is 17.0 Å². The van der Waals surface area contributed by atoms with E-state index in [-0.39, 0.29) is 0 Å². The van der Waals surface area contributed by atoms with Crippen LogP contribution >= 0.6 is 0 Å². The van der Waals surface area contributed by atoms with E-state index in [2.05, 4.69) is 31.1 Å². The molecule has 0 unspecified atom stereocenters. The van der Waals surface area contributed by atoms with E-state index in [0.717, 1.165) is 43.7 Å². The molecule has 2 heterocycles. The third-order valence-electron chi connectivity index (χ3n) is 3.57. The molecular weight excluding hydrogens is 260 g/mol. The first-order chi connectivity index (χ1) is 10.3. The molecule has 0 atom stereocenters. The van der Waals surface area contributed by atoms with Gasteiger partial charge in [-0.2, -0.15) is 0 Å². The van der Waals surface area contributed by atoms with Gasteiger partial charge in [0.2, 0.25) is 0 Å². The summed E-state index contributed by atoms with van der Waals surface area (Å²) in [5, 5.41) is 3.38. The molecule has 0 aliphatic rings. The third-order valence-corrected chi connectivity index (χ3v) is 3.57. The minimum absolute atomic E-state index is 0.795. The lowest BCUT2D eigenvalue weighted by molar-refractivity contribution is 0.702. The maximum Gasteiger partial charge on any atom is 0.161 e. The topological polar surface area (TPSA) is 50.7 Å². The molecule has 0 aliphatic heterocycles. The third kappa shape index (κ3) is 3.85. The van der Waals surface area contributed by atoms with Gasteiger partial charge >= 0.3 is 0 Å². The predicted octanol–water partition coefficient (Wildman–Crippen LogP) is 2.82. The second-order valence-corrected chi connectivity index (χ2v) is 4.97. The van der Waals surface area contributed by atoms with Gasteiger partial charge in [-0.1, -0.05) is 20.8 Å². The molecule has 2 aromatic heterocycles. The average molecular weight is 284 g/mol. The van der Waals surface area contributed by atoms with Gasteiger partial charge in [0, 0.05) is 29.3 Å². The number of pyridine rings is 1. The number of aryl methyl sites for hydroxylation is 2. The van der Waals surface area contributed by atoms with Crippen LogP contribution in [0.15, 0.2) is 24.5 Å². The van der Waals surface area contributed by atoms with Crippen molar-refractivity contribution in [2.75, 3.05) is 13.1 Å². The quantitative estimate of drug-likeness (QED) is 0.794. The molecule has 4 nitrogen and oxygen atoms in total. The van der Waals surface area contributed by atoms with Crippen molar-refractivity contribution in [3.8, 4) is 11.4 Å². The van der Waals surface area contributed by atoms with Gasteiger partial charge in [0.05, 0.1) is 0 Å². The van der Waals surface area contributed by atoms with Crippen LogP contribution < -0.4 is 5.32 Å². The van der Waals surface area contributed by atoms with Crippen LogP contribution in [0, 0.1) is 0 Å². The Bertz CT molecular complexity index is 541. The smallest absolute Gasteiger partial charge is 0.161 e. The summed E-state index contributed by atoms with van der Waals surface area (Å²) in [6, 6.07) is 3.94. The summed E-state index contributed by atoms with van der Waals surface area (Å²) < 4.78 is 0. The fourth-order valence-electron chi connectivity index (χ4n) is 2.47. The highest BCUT2D eigenvalue weighted by Gasteiger charge is 2.13. The van der Waals surface area contributed by atoms with Crippen molar-refractivity contribution in [1.29, 1.82) is 0 Å². The lowest BCUT2D eigenvalue weighted by Gasteiger charge is -2.14. The predicted molar refractivity (Wildman–Crippen MR) is 86.3 cm³/mol. The summed E-state index contributed by atoms with van der Waals surface area (Å²) in [4.78, 5) is 13.7. The normalized spacial score (nSPS) is 10.8. The van der Waals surface area contributed by atoms with Crippen molar-refractivity contribution in [3.63, 3.8) is 0 Å². The minimum atomic E-state index is 0.795. The number of nitrogens with one attached hydrogen (secondary N) is 1. The van der Waals surface area contributed by atoms with Gasteiger partial charge in [-0.15, -0.1) is 0 Å². The van der Waals surface area contributed by atoms with E-state index in [1.54, 1.807) is 6.20 Å². The molecule has 0 spiro atoms. The highest BCUT2D eigenvalue weighted by Crippen LogP contribution is 2.20. The van der Waals surface area contributed by atoms with Gasteiger partial charge in [-0.25, -0.2) is 9.97 Å². The van der Waals surface area contributed by atoms with Crippen LogP contribution in [0.1, 0.15) is 37.7 Å². The fraction of sp³-hybridized carbons (Fsp3) is 0.471. The van der Waals surface area contributed by atoms with Crippen LogP contribution in [0.3, 0.4) is 0 Å². The van der Waals surface area contributed by atoms with Crippen LogP contribution in [-0.2, 0) is 19.3 Å². The number of hydrogen-bond acceptors (Lipinski definition) is 4. The summed E-state index contributed by atoms with van der Waals surface area (Å²) >= 11 is 0. The molecule has 4 heteroatoms. The van der Waals surface area contributed by atoms with E-state index in [1.807, 2.05) is 18.3 Å². The number of likely N-dealkylation sites (N-methyl/N-ethyl adjacent to an activating group) is 1. The van der Waals surface area contributed by atoms with E-state index in [0.29, 0.717) is 0 Å². The Kier molecular flexibility index (Phi) is 5.81. The fourth-order valence-corrected chi connectivity index (χ4v) is 2.47. The zero-order valence-corrected chi connectivity index (χ0v) is 13.2. The first-order valence-electron chi connectivity index (χ1n) is 7.79. The molecule has 0 saturated heterocycles. The highest BCUT2D eigenvalue weighted by atomic mass is 14.9. The van der Waals surface area contributed by atoms with Crippen LogP contribution in [0.5, 0.6) is 0 Å². The molecule has 1 N–H and O–H groups in total. The summed E-state index contributed by atoms with van der Waals surface area (Å²) in [6.07, 6.45) is 6.46. The van der Waals surface area contributed by atoms with Crippen LogP contribution in [0.25, 0.3) is 11.4 Å². The van der Waals surface area contributed by atoms with Gasteiger partial charge in [0.25, 0.3) is 0 Å². The van der Waals surface area contributed by atoms with Gasteiger partial charge in [0.15, 0.2) is 5.82 Å². The SMILES string of the molecule is CCNCCc1c(CC)nc(-c2cccnc2)nc1CC. The summed E-state index contributed by atoms with van der Waals surface area (Å²) in [5.74, 6) is 0.795. The van der Waals surface area contributed by atoms with Crippen LogP contribution in [0.4, 0.5) is 0 Å². The van der Waals surface area contributed by atoms with Crippen molar-refractivity contribution in [3.05, 3.63) is 41.5 Å². The van der Waals surface area contributed by atoms with E-state index in [9.17, 15) is 0 Å². The molecule has 2 aromatic rings. The first kappa shape index (κ1) is 15.6. The first-order valence-corrected chi connectivity index (χ1v) is 7.79. The van der Waals surface area contributed by atoms with Gasteiger partial charge < -0.3 is 5.32 Å². The maximum atomic E-state index is 4.77. The second-order valence-electron chi connectivity index (χ2n) is 4.97. The number of rotatable bonds is 7. The Morgan fingerprint density at radius 3 is 2.29 bits per heavy atom. The highest BCUT2D eigenvalue weighted by molar-refractivity contribution is 5.54. The molecule has 21 heavy (non-hydrogen) atoms. The molecule has 0 aliphatic carbocycles. The molecular formula is C17H24N4. The minimum Gasteiger partial charge on any atom is -0.317 e. The number of nitrogens with zero attached hydrogens (tertiary/aromatic N) is 3. The second kappa shape index (κ2) is 7.84. The molecule has 112 valence electrons. The van der Waals surface area contributed by atoms with Crippen LogP contribution in [0.2, 0.25) is 0 Å². The Morgan fingerprint density at radius 2 is 1.76 bits per heavy atom. The molecule has 0 bridgehead atoms. The monoisotopic (exact) mass is 284 g/mol. The van der Waals surface area contributed by atoms with Crippen molar-refractivity contribution in [2.24, 2.45) is 0 Å². The van der Waals surface area contributed by atoms with Crippen LogP contribution in [-0.4, -0.2) is 28.0 Å². The Labute approximate surface area is 127 Å². The van der Waals surface area contributed by atoms with E-state index in [4.69, 9.17) is 9.97 Å². The number of hydrogen-bond donors (Lipinski definition) is 1. The van der Waals surface area contributed by atoms with Gasteiger partial charge in [-0.05, 0) is 50.0 Å². The zero-order chi connectivity index (χ0) is 15.1. The number of aromatic nitrogens is 3. The zero-order valence-electron chi connectivity index (χ0n) is 13.2. The average Bonchev–Trinajstić information content (AvgIpc) is 2.55. The van der Waals surface area contributed by atoms with Gasteiger partial charge in [-0.3, -0.25) is 4.98 Å². The van der Waals surface area contributed by atoms with Gasteiger partial charge in [0.1, 0.15) is 0 Å². The Morgan fingerprint density at radius 1 is 1.05 bits per heavy atom. The van der Waals surface area contributed by atoms with Crippen molar-refractivity contribution < 1.29 is 0 Å². The standard InChI is InChI=1S/C17H24N4/c1-4-15-14(9-11-18-6-3)16(5-2)21-17(20-15)13-8-7-10-19-12-13/h7-8,10,12,18H,4-6,9,11H2,1-3H3. The van der Waals surface area contributed by atoms with Crippen molar-refractivity contribution in [1.82, 2.24) is 20.3 Å².